The second kappa shape index (κ2) is 7.38. The molecular formula is C25H19N3. The van der Waals surface area contributed by atoms with Crippen molar-refractivity contribution in [3.63, 3.8) is 0 Å². The molecule has 3 nitrogen and oxygen atoms in total. The molecule has 134 valence electrons. The van der Waals surface area contributed by atoms with Crippen molar-refractivity contribution in [2.75, 3.05) is 5.73 Å². The standard InChI is InChI=1S/C25H19N3/c1-17-6-5-9-21(14-17)22-15-24(28-25(27)23(22)16-26)20-12-10-19(11-13-20)18-7-3-2-4-8-18/h2-15H,1H3,(H2,27,28). The van der Waals surface area contributed by atoms with E-state index in [9.17, 15) is 5.26 Å². The third kappa shape index (κ3) is 3.36. The molecule has 0 aliphatic carbocycles. The van der Waals surface area contributed by atoms with Crippen LogP contribution in [0.1, 0.15) is 11.1 Å². The smallest absolute Gasteiger partial charge is 0.142 e. The number of nitrogen functional groups attached to an aromatic ring is 1. The van der Waals surface area contributed by atoms with E-state index in [0.29, 0.717) is 5.56 Å². The molecule has 0 atom stereocenters. The lowest BCUT2D eigenvalue weighted by Gasteiger charge is -2.11. The van der Waals surface area contributed by atoms with E-state index in [0.717, 1.165) is 33.5 Å². The molecule has 3 heteroatoms. The Morgan fingerprint density at radius 2 is 1.39 bits per heavy atom. The van der Waals surface area contributed by atoms with Crippen LogP contribution in [0.5, 0.6) is 0 Å². The van der Waals surface area contributed by atoms with E-state index in [2.05, 4.69) is 41.4 Å². The summed E-state index contributed by atoms with van der Waals surface area (Å²) in [5, 5.41) is 9.58. The normalized spacial score (nSPS) is 10.4. The third-order valence-electron chi connectivity index (χ3n) is 4.78. The fourth-order valence-electron chi connectivity index (χ4n) is 3.33. The Morgan fingerprint density at radius 1 is 0.750 bits per heavy atom. The van der Waals surface area contributed by atoms with Gasteiger partial charge in [0.05, 0.1) is 5.69 Å². The van der Waals surface area contributed by atoms with Gasteiger partial charge in [-0.25, -0.2) is 4.98 Å². The Hall–Kier alpha value is -3.90. The summed E-state index contributed by atoms with van der Waals surface area (Å²) in [5.41, 5.74) is 13.5. The van der Waals surface area contributed by atoms with Crippen molar-refractivity contribution in [1.82, 2.24) is 4.98 Å². The van der Waals surface area contributed by atoms with Gasteiger partial charge in [0, 0.05) is 11.1 Å². The Balaban J connectivity index is 1.80. The zero-order valence-electron chi connectivity index (χ0n) is 15.6. The first-order valence-electron chi connectivity index (χ1n) is 9.09. The Kier molecular flexibility index (Phi) is 4.62. The fraction of sp³-hybridized carbons (Fsp3) is 0.0400. The van der Waals surface area contributed by atoms with Crippen molar-refractivity contribution in [1.29, 1.82) is 5.26 Å². The third-order valence-corrected chi connectivity index (χ3v) is 4.78. The first-order valence-corrected chi connectivity index (χ1v) is 9.09. The second-order valence-electron chi connectivity index (χ2n) is 6.74. The number of hydrogen-bond donors (Lipinski definition) is 1. The van der Waals surface area contributed by atoms with Gasteiger partial charge in [0.25, 0.3) is 0 Å². The van der Waals surface area contributed by atoms with Crippen molar-refractivity contribution in [2.45, 2.75) is 6.92 Å². The molecule has 0 amide bonds. The Labute approximate surface area is 164 Å². The zero-order valence-corrected chi connectivity index (χ0v) is 15.6. The monoisotopic (exact) mass is 361 g/mol. The lowest BCUT2D eigenvalue weighted by atomic mass is 9.96. The van der Waals surface area contributed by atoms with Crippen LogP contribution in [0.25, 0.3) is 33.5 Å². The van der Waals surface area contributed by atoms with E-state index in [1.165, 1.54) is 5.56 Å². The van der Waals surface area contributed by atoms with Crippen molar-refractivity contribution in [3.05, 3.63) is 96.1 Å². The fourth-order valence-corrected chi connectivity index (χ4v) is 3.33. The van der Waals surface area contributed by atoms with Gasteiger partial charge in [0.2, 0.25) is 0 Å². The summed E-state index contributed by atoms with van der Waals surface area (Å²) in [6.45, 7) is 2.03. The lowest BCUT2D eigenvalue weighted by Crippen LogP contribution is -2.00. The highest BCUT2D eigenvalue weighted by Crippen LogP contribution is 2.32. The van der Waals surface area contributed by atoms with Crippen molar-refractivity contribution >= 4 is 5.82 Å². The SMILES string of the molecule is Cc1cccc(-c2cc(-c3ccc(-c4ccccc4)cc3)nc(N)c2C#N)c1. The summed E-state index contributed by atoms with van der Waals surface area (Å²) in [7, 11) is 0. The van der Waals surface area contributed by atoms with Crippen LogP contribution in [0.4, 0.5) is 5.82 Å². The number of nitriles is 1. The van der Waals surface area contributed by atoms with Gasteiger partial charge in [-0.05, 0) is 29.7 Å². The van der Waals surface area contributed by atoms with Crippen molar-refractivity contribution in [2.24, 2.45) is 0 Å². The Morgan fingerprint density at radius 3 is 2.07 bits per heavy atom. The number of anilines is 1. The largest absolute Gasteiger partial charge is 0.383 e. The number of nitrogens with zero attached hydrogens (tertiary/aromatic N) is 2. The summed E-state index contributed by atoms with van der Waals surface area (Å²) in [6, 6.07) is 30.7. The van der Waals surface area contributed by atoms with Gasteiger partial charge in [0.1, 0.15) is 17.5 Å². The molecule has 2 N–H and O–H groups in total. The molecule has 0 aliphatic rings. The molecule has 0 radical (unpaired) electrons. The number of aryl methyl sites for hydroxylation is 1. The molecule has 4 aromatic rings. The number of nitrogens with two attached hydrogens (primary N) is 1. The molecule has 0 spiro atoms. The minimum Gasteiger partial charge on any atom is -0.383 e. The summed E-state index contributed by atoms with van der Waals surface area (Å²) in [6.07, 6.45) is 0. The van der Waals surface area contributed by atoms with Gasteiger partial charge in [-0.3, -0.25) is 0 Å². The molecule has 0 saturated heterocycles. The maximum atomic E-state index is 9.58. The van der Waals surface area contributed by atoms with E-state index < -0.39 is 0 Å². The van der Waals surface area contributed by atoms with Crippen LogP contribution in [0.15, 0.2) is 84.9 Å². The van der Waals surface area contributed by atoms with Crippen LogP contribution < -0.4 is 5.73 Å². The molecule has 0 aliphatic heterocycles. The molecule has 0 fully saturated rings. The summed E-state index contributed by atoms with van der Waals surface area (Å²) < 4.78 is 0. The van der Waals surface area contributed by atoms with E-state index in [-0.39, 0.29) is 5.82 Å². The highest BCUT2D eigenvalue weighted by atomic mass is 14.8. The van der Waals surface area contributed by atoms with Crippen LogP contribution in [0, 0.1) is 18.3 Å². The predicted octanol–water partition coefficient (Wildman–Crippen LogP) is 5.84. The summed E-state index contributed by atoms with van der Waals surface area (Å²) in [5.74, 6) is 0.253. The van der Waals surface area contributed by atoms with Crippen LogP contribution in [0.3, 0.4) is 0 Å². The maximum absolute atomic E-state index is 9.58. The Bertz CT molecular complexity index is 1170. The number of rotatable bonds is 3. The van der Waals surface area contributed by atoms with Gasteiger partial charge in [-0.15, -0.1) is 0 Å². The van der Waals surface area contributed by atoms with Crippen LogP contribution in [-0.2, 0) is 0 Å². The van der Waals surface area contributed by atoms with Crippen LogP contribution in [0.2, 0.25) is 0 Å². The molecule has 0 saturated carbocycles. The average molecular weight is 361 g/mol. The highest BCUT2D eigenvalue weighted by molar-refractivity contribution is 5.81. The quantitative estimate of drug-likeness (QED) is 0.498. The van der Waals surface area contributed by atoms with Gasteiger partial charge < -0.3 is 5.73 Å². The molecule has 0 bridgehead atoms. The first kappa shape index (κ1) is 17.5. The van der Waals surface area contributed by atoms with Crippen LogP contribution in [-0.4, -0.2) is 4.98 Å². The summed E-state index contributed by atoms with van der Waals surface area (Å²) >= 11 is 0. The molecule has 0 unspecified atom stereocenters. The molecule has 1 aromatic heterocycles. The predicted molar refractivity (Wildman–Crippen MR) is 114 cm³/mol. The van der Waals surface area contributed by atoms with Crippen molar-refractivity contribution in [3.8, 4) is 39.6 Å². The number of hydrogen-bond acceptors (Lipinski definition) is 3. The van der Waals surface area contributed by atoms with Gasteiger partial charge >= 0.3 is 0 Å². The molecule has 1 heterocycles. The second-order valence-corrected chi connectivity index (χ2v) is 6.74. The lowest BCUT2D eigenvalue weighted by molar-refractivity contribution is 1.31. The van der Waals surface area contributed by atoms with Gasteiger partial charge in [0.15, 0.2) is 0 Å². The number of benzene rings is 3. The minimum absolute atomic E-state index is 0.253. The highest BCUT2D eigenvalue weighted by Gasteiger charge is 2.13. The van der Waals surface area contributed by atoms with E-state index in [1.807, 2.05) is 61.5 Å². The average Bonchev–Trinajstić information content (AvgIpc) is 2.74. The molecular weight excluding hydrogens is 342 g/mol. The minimum atomic E-state index is 0.253. The van der Waals surface area contributed by atoms with Gasteiger partial charge in [-0.2, -0.15) is 5.26 Å². The van der Waals surface area contributed by atoms with E-state index in [1.54, 1.807) is 0 Å². The maximum Gasteiger partial charge on any atom is 0.142 e. The molecule has 4 rings (SSSR count). The molecule has 28 heavy (non-hydrogen) atoms. The van der Waals surface area contributed by atoms with Crippen molar-refractivity contribution < 1.29 is 0 Å². The summed E-state index contributed by atoms with van der Waals surface area (Å²) in [4.78, 5) is 4.48. The van der Waals surface area contributed by atoms with Gasteiger partial charge in [-0.1, -0.05) is 84.4 Å². The number of aromatic nitrogens is 1. The van der Waals surface area contributed by atoms with E-state index >= 15 is 0 Å². The first-order chi connectivity index (χ1) is 13.7. The molecule has 3 aromatic carbocycles. The number of pyridine rings is 1. The topological polar surface area (TPSA) is 62.7 Å². The zero-order chi connectivity index (χ0) is 19.5. The van der Waals surface area contributed by atoms with E-state index in [4.69, 9.17) is 5.73 Å². The van der Waals surface area contributed by atoms with Crippen LogP contribution >= 0.6 is 0 Å².